The van der Waals surface area contributed by atoms with Gasteiger partial charge >= 0.3 is 0 Å². The van der Waals surface area contributed by atoms with Crippen molar-refractivity contribution in [2.24, 2.45) is 0 Å². The van der Waals surface area contributed by atoms with Crippen LogP contribution in [0.3, 0.4) is 0 Å². The van der Waals surface area contributed by atoms with E-state index in [1.54, 1.807) is 13.3 Å². The van der Waals surface area contributed by atoms with Crippen LogP contribution in [0.1, 0.15) is 6.92 Å². The van der Waals surface area contributed by atoms with Crippen LogP contribution >= 0.6 is 0 Å². The lowest BCUT2D eigenvalue weighted by molar-refractivity contribution is 0.415. The zero-order valence-corrected chi connectivity index (χ0v) is 9.90. The number of anilines is 1. The third kappa shape index (κ3) is 2.31. The normalized spacial score (nSPS) is 11.8. The highest BCUT2D eigenvalue weighted by Crippen LogP contribution is 2.25. The first-order valence-electron chi connectivity index (χ1n) is 5.40. The van der Waals surface area contributed by atoms with Crippen LogP contribution < -0.4 is 10.1 Å². The summed E-state index contributed by atoms with van der Waals surface area (Å²) >= 11 is 0. The molecule has 0 aliphatic carbocycles. The number of pyridine rings is 1. The average molecular weight is 226 g/mol. The highest BCUT2D eigenvalue weighted by atomic mass is 16.5. The Morgan fingerprint density at radius 1 is 1.41 bits per heavy atom. The molecule has 0 aliphatic rings. The molecule has 1 heterocycles. The van der Waals surface area contributed by atoms with E-state index >= 15 is 0 Å². The van der Waals surface area contributed by atoms with Gasteiger partial charge in [0, 0.05) is 11.6 Å². The minimum atomic E-state index is -0.0461. The fourth-order valence-corrected chi connectivity index (χ4v) is 1.64. The molecule has 0 amide bonds. The molecule has 2 aromatic rings. The number of hydrogen-bond donors (Lipinski definition) is 1. The molecule has 1 unspecified atom stereocenters. The SMILES string of the molecule is C#CC(C)Nc1nccc2cc(OC)ccc12. The summed E-state index contributed by atoms with van der Waals surface area (Å²) in [5.74, 6) is 4.26. The Morgan fingerprint density at radius 3 is 2.94 bits per heavy atom. The number of nitrogens with one attached hydrogen (secondary N) is 1. The zero-order chi connectivity index (χ0) is 12.3. The third-order valence-electron chi connectivity index (χ3n) is 2.57. The van der Waals surface area contributed by atoms with E-state index in [0.29, 0.717) is 0 Å². The predicted molar refractivity (Wildman–Crippen MR) is 70.2 cm³/mol. The van der Waals surface area contributed by atoms with Gasteiger partial charge in [-0.2, -0.15) is 0 Å². The van der Waals surface area contributed by atoms with Gasteiger partial charge in [0.2, 0.25) is 0 Å². The van der Waals surface area contributed by atoms with Gasteiger partial charge in [0.05, 0.1) is 13.2 Å². The molecule has 0 bridgehead atoms. The first kappa shape index (κ1) is 11.3. The van der Waals surface area contributed by atoms with E-state index in [1.165, 1.54) is 0 Å². The van der Waals surface area contributed by atoms with E-state index in [4.69, 9.17) is 11.2 Å². The quantitative estimate of drug-likeness (QED) is 0.817. The molecule has 1 N–H and O–H groups in total. The minimum Gasteiger partial charge on any atom is -0.497 e. The first-order chi connectivity index (χ1) is 8.24. The van der Waals surface area contributed by atoms with Crippen molar-refractivity contribution in [3.8, 4) is 18.1 Å². The van der Waals surface area contributed by atoms with Gasteiger partial charge in [-0.05, 0) is 36.6 Å². The number of ether oxygens (including phenoxy) is 1. The van der Waals surface area contributed by atoms with Gasteiger partial charge in [-0.15, -0.1) is 6.42 Å². The molecule has 0 spiro atoms. The molecule has 0 aliphatic heterocycles. The van der Waals surface area contributed by atoms with E-state index in [1.807, 2.05) is 31.2 Å². The third-order valence-corrected chi connectivity index (χ3v) is 2.57. The fraction of sp³-hybridized carbons (Fsp3) is 0.214. The molecule has 17 heavy (non-hydrogen) atoms. The lowest BCUT2D eigenvalue weighted by atomic mass is 10.1. The van der Waals surface area contributed by atoms with Gasteiger partial charge < -0.3 is 10.1 Å². The molecule has 0 saturated carbocycles. The van der Waals surface area contributed by atoms with Crippen molar-refractivity contribution in [1.82, 2.24) is 4.98 Å². The van der Waals surface area contributed by atoms with Crippen molar-refractivity contribution in [3.05, 3.63) is 30.5 Å². The maximum atomic E-state index is 5.35. The van der Waals surface area contributed by atoms with Crippen molar-refractivity contribution >= 4 is 16.6 Å². The number of benzene rings is 1. The lowest BCUT2D eigenvalue weighted by Gasteiger charge is -2.11. The first-order valence-corrected chi connectivity index (χ1v) is 5.40. The van der Waals surface area contributed by atoms with Gasteiger partial charge in [0.25, 0.3) is 0 Å². The summed E-state index contributed by atoms with van der Waals surface area (Å²) in [6.45, 7) is 1.92. The molecular weight excluding hydrogens is 212 g/mol. The molecule has 2 rings (SSSR count). The highest BCUT2D eigenvalue weighted by Gasteiger charge is 2.05. The van der Waals surface area contributed by atoms with Crippen LogP contribution in [0.15, 0.2) is 30.5 Å². The molecule has 0 saturated heterocycles. The summed E-state index contributed by atoms with van der Waals surface area (Å²) in [5.41, 5.74) is 0. The Morgan fingerprint density at radius 2 is 2.24 bits per heavy atom. The molecule has 0 radical (unpaired) electrons. The van der Waals surface area contributed by atoms with Gasteiger partial charge in [-0.3, -0.25) is 0 Å². The Labute approximate surface area is 101 Å². The number of fused-ring (bicyclic) bond motifs is 1. The molecule has 1 aromatic heterocycles. The fourth-order valence-electron chi connectivity index (χ4n) is 1.64. The second-order valence-corrected chi connectivity index (χ2v) is 3.78. The predicted octanol–water partition coefficient (Wildman–Crippen LogP) is 2.68. The standard InChI is InChI=1S/C14H14N2O/c1-4-10(2)16-14-13-6-5-12(17-3)9-11(13)7-8-15-14/h1,5-10H,2-3H3,(H,15,16). The van der Waals surface area contributed by atoms with Gasteiger partial charge in [0.15, 0.2) is 0 Å². The van der Waals surface area contributed by atoms with Crippen molar-refractivity contribution in [1.29, 1.82) is 0 Å². The van der Waals surface area contributed by atoms with Gasteiger partial charge in [-0.1, -0.05) is 5.92 Å². The molecule has 0 fully saturated rings. The monoisotopic (exact) mass is 226 g/mol. The number of methoxy groups -OCH3 is 1. The maximum absolute atomic E-state index is 5.35. The van der Waals surface area contributed by atoms with Crippen LogP contribution in [0.25, 0.3) is 10.8 Å². The van der Waals surface area contributed by atoms with Crippen LogP contribution in [0.2, 0.25) is 0 Å². The molecule has 3 heteroatoms. The summed E-state index contributed by atoms with van der Waals surface area (Å²) in [6, 6.07) is 7.77. The molecule has 1 atom stereocenters. The van der Waals surface area contributed by atoms with Crippen molar-refractivity contribution in [2.45, 2.75) is 13.0 Å². The summed E-state index contributed by atoms with van der Waals surface area (Å²) in [4.78, 5) is 4.30. The Hall–Kier alpha value is -2.21. The summed E-state index contributed by atoms with van der Waals surface area (Å²) in [7, 11) is 1.65. The Kier molecular flexibility index (Phi) is 3.15. The molecule has 1 aromatic carbocycles. The number of hydrogen-bond acceptors (Lipinski definition) is 3. The van der Waals surface area contributed by atoms with Crippen LogP contribution in [0.4, 0.5) is 5.82 Å². The van der Waals surface area contributed by atoms with E-state index in [-0.39, 0.29) is 6.04 Å². The largest absolute Gasteiger partial charge is 0.497 e. The number of terminal acetylenes is 1. The van der Waals surface area contributed by atoms with Crippen molar-refractivity contribution < 1.29 is 4.74 Å². The second kappa shape index (κ2) is 4.75. The Balaban J connectivity index is 2.47. The molecular formula is C14H14N2O. The van der Waals surface area contributed by atoms with Gasteiger partial charge in [-0.25, -0.2) is 4.98 Å². The molecule has 3 nitrogen and oxygen atoms in total. The number of rotatable bonds is 3. The van der Waals surface area contributed by atoms with Crippen molar-refractivity contribution in [3.63, 3.8) is 0 Å². The maximum Gasteiger partial charge on any atom is 0.134 e. The second-order valence-electron chi connectivity index (χ2n) is 3.78. The number of aromatic nitrogens is 1. The van der Waals surface area contributed by atoms with E-state index in [0.717, 1.165) is 22.3 Å². The van der Waals surface area contributed by atoms with Crippen LogP contribution in [0, 0.1) is 12.3 Å². The smallest absolute Gasteiger partial charge is 0.134 e. The Bertz CT molecular complexity index is 572. The minimum absolute atomic E-state index is 0.0461. The lowest BCUT2D eigenvalue weighted by Crippen LogP contribution is -2.13. The number of nitrogens with zero attached hydrogens (tertiary/aromatic N) is 1. The summed E-state index contributed by atoms with van der Waals surface area (Å²) in [5, 5.41) is 5.30. The van der Waals surface area contributed by atoms with Gasteiger partial charge in [0.1, 0.15) is 11.6 Å². The average Bonchev–Trinajstić information content (AvgIpc) is 2.38. The van der Waals surface area contributed by atoms with Crippen LogP contribution in [0.5, 0.6) is 5.75 Å². The summed E-state index contributed by atoms with van der Waals surface area (Å²) in [6.07, 6.45) is 7.11. The highest BCUT2D eigenvalue weighted by molar-refractivity contribution is 5.92. The van der Waals surface area contributed by atoms with E-state index in [2.05, 4.69) is 16.2 Å². The zero-order valence-electron chi connectivity index (χ0n) is 9.90. The van der Waals surface area contributed by atoms with Crippen molar-refractivity contribution in [2.75, 3.05) is 12.4 Å². The van der Waals surface area contributed by atoms with E-state index in [9.17, 15) is 0 Å². The van der Waals surface area contributed by atoms with Crippen LogP contribution in [-0.2, 0) is 0 Å². The summed E-state index contributed by atoms with van der Waals surface area (Å²) < 4.78 is 5.19. The van der Waals surface area contributed by atoms with E-state index < -0.39 is 0 Å². The topological polar surface area (TPSA) is 34.2 Å². The van der Waals surface area contributed by atoms with Crippen LogP contribution in [-0.4, -0.2) is 18.1 Å². The molecule has 86 valence electrons.